The van der Waals surface area contributed by atoms with Crippen LogP contribution in [0.15, 0.2) is 23.0 Å². The van der Waals surface area contributed by atoms with Gasteiger partial charge in [0, 0.05) is 27.5 Å². The van der Waals surface area contributed by atoms with Gasteiger partial charge in [-0.25, -0.2) is 9.59 Å². The van der Waals surface area contributed by atoms with Crippen molar-refractivity contribution in [2.45, 2.75) is 45.3 Å². The summed E-state index contributed by atoms with van der Waals surface area (Å²) in [4.78, 5) is 29.4. The van der Waals surface area contributed by atoms with Gasteiger partial charge in [-0.1, -0.05) is 0 Å². The Morgan fingerprint density at radius 1 is 1.29 bits per heavy atom. The molecule has 10 heteroatoms. The number of piperidine rings is 1. The molecular weight excluding hydrogens is 362 g/mol. The van der Waals surface area contributed by atoms with Crippen LogP contribution < -0.4 is 5.69 Å². The number of H-pyrrole nitrogens is 2. The summed E-state index contributed by atoms with van der Waals surface area (Å²) < 4.78 is 7.22. The van der Waals surface area contributed by atoms with Gasteiger partial charge in [-0.15, -0.1) is 10.2 Å². The molecule has 1 fully saturated rings. The molecule has 0 radical (unpaired) electrons. The Hall–Kier alpha value is -3.17. The largest absolute Gasteiger partial charge is 0.444 e. The van der Waals surface area contributed by atoms with E-state index in [0.717, 1.165) is 16.6 Å². The van der Waals surface area contributed by atoms with Gasteiger partial charge in [0.1, 0.15) is 5.60 Å². The number of carbonyl (C=O) groups excluding carboxylic acids is 1. The van der Waals surface area contributed by atoms with Crippen LogP contribution in [-0.4, -0.2) is 59.9 Å². The van der Waals surface area contributed by atoms with Crippen molar-refractivity contribution in [2.24, 2.45) is 0 Å². The first-order chi connectivity index (χ1) is 13.3. The first-order valence-electron chi connectivity index (χ1n) is 9.28. The Balaban J connectivity index is 0.00000160. The SMILES string of the molecule is CC(C)(C)OC(=O)N1CCC(n2c(=O)[nH]c3cc(-c4nn[nH]n4)ccc32)CC1.[HH].[HH]. The van der Waals surface area contributed by atoms with E-state index < -0.39 is 5.60 Å². The monoisotopic (exact) mass is 389 g/mol. The van der Waals surface area contributed by atoms with Gasteiger partial charge in [0.15, 0.2) is 0 Å². The smallest absolute Gasteiger partial charge is 0.410 e. The number of aromatic nitrogens is 6. The minimum Gasteiger partial charge on any atom is -0.444 e. The Kier molecular flexibility index (Phi) is 4.40. The van der Waals surface area contributed by atoms with Gasteiger partial charge in [0.2, 0.25) is 5.82 Å². The second kappa shape index (κ2) is 6.77. The standard InChI is InChI=1S/C18H23N7O3.2H2/c1-18(2,3)28-17(27)24-8-6-12(7-9-24)25-14-5-4-11(15-20-22-23-21-15)10-13(14)19-16(25)26;;/h4-5,10,12H,6-9H2,1-3H3,(H,19,26)(H,20,21,22,23);2*1H. The predicted octanol–water partition coefficient (Wildman–Crippen LogP) is 2.57. The number of fused-ring (bicyclic) bond motifs is 1. The molecule has 0 atom stereocenters. The molecule has 1 aliphatic rings. The van der Waals surface area contributed by atoms with E-state index >= 15 is 0 Å². The molecule has 0 spiro atoms. The van der Waals surface area contributed by atoms with Crippen LogP contribution in [0.4, 0.5) is 4.79 Å². The molecule has 3 heterocycles. The topological polar surface area (TPSA) is 122 Å². The third kappa shape index (κ3) is 3.49. The Bertz CT molecular complexity index is 1050. The molecule has 0 bridgehead atoms. The van der Waals surface area contributed by atoms with E-state index in [-0.39, 0.29) is 20.7 Å². The van der Waals surface area contributed by atoms with Crippen molar-refractivity contribution < 1.29 is 12.4 Å². The van der Waals surface area contributed by atoms with Gasteiger partial charge >= 0.3 is 11.8 Å². The summed E-state index contributed by atoms with van der Waals surface area (Å²) in [7, 11) is 0. The summed E-state index contributed by atoms with van der Waals surface area (Å²) in [5, 5.41) is 13.9. The van der Waals surface area contributed by atoms with Crippen LogP contribution in [0.5, 0.6) is 0 Å². The maximum absolute atomic E-state index is 12.6. The maximum Gasteiger partial charge on any atom is 0.410 e. The molecule has 0 aliphatic carbocycles. The highest BCUT2D eigenvalue weighted by atomic mass is 16.6. The van der Waals surface area contributed by atoms with Gasteiger partial charge in [0.05, 0.1) is 11.0 Å². The number of benzene rings is 1. The number of likely N-dealkylation sites (tertiary alicyclic amines) is 1. The molecule has 2 N–H and O–H groups in total. The molecule has 1 aromatic carbocycles. The number of carbonyl (C=O) groups is 1. The van der Waals surface area contributed by atoms with E-state index in [0.29, 0.717) is 31.8 Å². The fraction of sp³-hybridized carbons (Fsp3) is 0.500. The zero-order valence-electron chi connectivity index (χ0n) is 16.1. The van der Waals surface area contributed by atoms with Crippen molar-refractivity contribution >= 4 is 17.1 Å². The Morgan fingerprint density at radius 2 is 2.04 bits per heavy atom. The number of hydrogen-bond donors (Lipinski definition) is 2. The third-order valence-corrected chi connectivity index (χ3v) is 4.80. The maximum atomic E-state index is 12.6. The first-order valence-corrected chi connectivity index (χ1v) is 9.28. The van der Waals surface area contributed by atoms with E-state index in [9.17, 15) is 9.59 Å². The van der Waals surface area contributed by atoms with Crippen molar-refractivity contribution in [2.75, 3.05) is 13.1 Å². The summed E-state index contributed by atoms with van der Waals surface area (Å²) in [6.07, 6.45) is 1.08. The Labute approximate surface area is 163 Å². The average Bonchev–Trinajstić information content (AvgIpc) is 3.27. The number of hydrogen-bond acceptors (Lipinski definition) is 6. The normalized spacial score (nSPS) is 15.9. The highest BCUT2D eigenvalue weighted by Gasteiger charge is 2.29. The number of nitrogens with zero attached hydrogens (tertiary/aromatic N) is 5. The minimum atomic E-state index is -0.516. The van der Waals surface area contributed by atoms with Gasteiger partial charge in [-0.3, -0.25) is 4.57 Å². The van der Waals surface area contributed by atoms with Crippen molar-refractivity contribution in [1.82, 2.24) is 35.1 Å². The third-order valence-electron chi connectivity index (χ3n) is 4.80. The molecule has 1 amide bonds. The molecule has 2 aromatic heterocycles. The summed E-state index contributed by atoms with van der Waals surface area (Å²) >= 11 is 0. The van der Waals surface area contributed by atoms with E-state index in [4.69, 9.17) is 4.74 Å². The lowest BCUT2D eigenvalue weighted by atomic mass is 10.0. The number of imidazole rings is 1. The number of nitrogens with one attached hydrogen (secondary N) is 2. The van der Waals surface area contributed by atoms with Crippen LogP contribution >= 0.6 is 0 Å². The number of aromatic amines is 2. The lowest BCUT2D eigenvalue weighted by Gasteiger charge is -2.33. The van der Waals surface area contributed by atoms with Crippen LogP contribution in [0.3, 0.4) is 0 Å². The number of tetrazole rings is 1. The fourth-order valence-electron chi connectivity index (χ4n) is 3.55. The molecule has 3 aromatic rings. The fourth-order valence-corrected chi connectivity index (χ4v) is 3.55. The van der Waals surface area contributed by atoms with Crippen molar-refractivity contribution in [3.05, 3.63) is 28.7 Å². The summed E-state index contributed by atoms with van der Waals surface area (Å²) in [5.41, 5.74) is 1.65. The Morgan fingerprint density at radius 3 is 2.68 bits per heavy atom. The summed E-state index contributed by atoms with van der Waals surface area (Å²) in [6.45, 7) is 6.67. The average molecular weight is 389 g/mol. The van der Waals surface area contributed by atoms with E-state index in [2.05, 4.69) is 25.6 Å². The molecular formula is C18H27N7O3. The molecule has 152 valence electrons. The second-order valence-electron chi connectivity index (χ2n) is 7.97. The van der Waals surface area contributed by atoms with Crippen molar-refractivity contribution in [1.29, 1.82) is 0 Å². The second-order valence-corrected chi connectivity index (χ2v) is 7.97. The van der Waals surface area contributed by atoms with Crippen LogP contribution in [-0.2, 0) is 4.74 Å². The minimum absolute atomic E-state index is 0. The lowest BCUT2D eigenvalue weighted by Crippen LogP contribution is -2.43. The van der Waals surface area contributed by atoms with Gasteiger partial charge < -0.3 is 14.6 Å². The number of ether oxygens (including phenoxy) is 1. The summed E-state index contributed by atoms with van der Waals surface area (Å²) in [5.74, 6) is 0.473. The number of rotatable bonds is 2. The van der Waals surface area contributed by atoms with Crippen molar-refractivity contribution in [3.63, 3.8) is 0 Å². The molecule has 0 unspecified atom stereocenters. The highest BCUT2D eigenvalue weighted by molar-refractivity contribution is 5.80. The molecule has 0 saturated carbocycles. The van der Waals surface area contributed by atoms with Crippen LogP contribution in [0.25, 0.3) is 22.4 Å². The molecule has 1 saturated heterocycles. The van der Waals surface area contributed by atoms with E-state index in [1.807, 2.05) is 39.0 Å². The molecule has 28 heavy (non-hydrogen) atoms. The first kappa shape index (κ1) is 18.2. The van der Waals surface area contributed by atoms with Crippen molar-refractivity contribution in [3.8, 4) is 11.4 Å². The predicted molar refractivity (Wildman–Crippen MR) is 106 cm³/mol. The molecule has 10 nitrogen and oxygen atoms in total. The number of amides is 1. The zero-order chi connectivity index (χ0) is 19.9. The van der Waals surface area contributed by atoms with E-state index in [1.165, 1.54) is 0 Å². The highest BCUT2D eigenvalue weighted by Crippen LogP contribution is 2.27. The van der Waals surface area contributed by atoms with E-state index in [1.54, 1.807) is 9.47 Å². The van der Waals surface area contributed by atoms with Crippen LogP contribution in [0.1, 0.15) is 42.5 Å². The lowest BCUT2D eigenvalue weighted by molar-refractivity contribution is 0.0189. The summed E-state index contributed by atoms with van der Waals surface area (Å²) in [6, 6.07) is 5.62. The molecule has 1 aliphatic heterocycles. The van der Waals surface area contributed by atoms with Gasteiger partial charge in [0.25, 0.3) is 0 Å². The van der Waals surface area contributed by atoms with Gasteiger partial charge in [-0.05, 0) is 57.0 Å². The van der Waals surface area contributed by atoms with Crippen LogP contribution in [0, 0.1) is 0 Å². The quantitative estimate of drug-likeness (QED) is 0.695. The van der Waals surface area contributed by atoms with Gasteiger partial charge in [-0.2, -0.15) is 5.21 Å². The zero-order valence-corrected chi connectivity index (χ0v) is 16.1. The van der Waals surface area contributed by atoms with Crippen LogP contribution in [0.2, 0.25) is 0 Å². The molecule has 4 rings (SSSR count).